The van der Waals surface area contributed by atoms with E-state index in [0.29, 0.717) is 6.42 Å². The second-order valence-electron chi connectivity index (χ2n) is 7.51. The molecule has 1 aliphatic rings. The molecule has 2 atom stereocenters. The Morgan fingerprint density at radius 2 is 1.79 bits per heavy atom. The van der Waals surface area contributed by atoms with Crippen LogP contribution in [0.5, 0.6) is 0 Å². The Balaban J connectivity index is 2.89. The zero-order valence-electron chi connectivity index (χ0n) is 13.2. The van der Waals surface area contributed by atoms with Gasteiger partial charge in [-0.3, -0.25) is 0 Å². The van der Waals surface area contributed by atoms with E-state index in [1.807, 2.05) is 25.7 Å². The fourth-order valence-electron chi connectivity index (χ4n) is 2.76. The van der Waals surface area contributed by atoms with Crippen molar-refractivity contribution in [3.63, 3.8) is 0 Å². The van der Waals surface area contributed by atoms with Crippen molar-refractivity contribution in [1.82, 2.24) is 4.90 Å². The van der Waals surface area contributed by atoms with Gasteiger partial charge in [0.2, 0.25) is 0 Å². The van der Waals surface area contributed by atoms with E-state index < -0.39 is 5.60 Å². The summed E-state index contributed by atoms with van der Waals surface area (Å²) in [5.74, 6) is 0. The van der Waals surface area contributed by atoms with Gasteiger partial charge in [-0.1, -0.05) is 20.8 Å². The van der Waals surface area contributed by atoms with Gasteiger partial charge in [-0.15, -0.1) is 0 Å². The first-order valence-electron chi connectivity index (χ1n) is 7.18. The summed E-state index contributed by atoms with van der Waals surface area (Å²) in [4.78, 5) is 14.3. The van der Waals surface area contributed by atoms with Gasteiger partial charge >= 0.3 is 6.09 Å². The monoisotopic (exact) mass is 271 g/mol. The van der Waals surface area contributed by atoms with Crippen molar-refractivity contribution in [1.29, 1.82) is 0 Å². The summed E-state index contributed by atoms with van der Waals surface area (Å²) in [5.41, 5.74) is -0.451. The topological polar surface area (TPSA) is 49.8 Å². The third-order valence-corrected chi connectivity index (χ3v) is 3.57. The first-order chi connectivity index (χ1) is 8.56. The molecule has 0 spiro atoms. The summed E-state index contributed by atoms with van der Waals surface area (Å²) < 4.78 is 5.53. The van der Waals surface area contributed by atoms with Crippen LogP contribution in [0.1, 0.15) is 60.8 Å². The lowest BCUT2D eigenvalue weighted by molar-refractivity contribution is 0.000762. The Morgan fingerprint density at radius 1 is 1.21 bits per heavy atom. The molecule has 1 rings (SSSR count). The Morgan fingerprint density at radius 3 is 2.21 bits per heavy atom. The molecule has 1 aliphatic heterocycles. The van der Waals surface area contributed by atoms with Gasteiger partial charge in [-0.2, -0.15) is 0 Å². The van der Waals surface area contributed by atoms with E-state index in [0.717, 1.165) is 12.8 Å². The number of rotatable bonds is 2. The molecule has 0 radical (unpaired) electrons. The zero-order valence-corrected chi connectivity index (χ0v) is 13.2. The molecule has 1 amide bonds. The molecular formula is C15H29NO3. The van der Waals surface area contributed by atoms with Crippen molar-refractivity contribution in [2.24, 2.45) is 5.41 Å². The highest BCUT2D eigenvalue weighted by atomic mass is 16.6. The molecule has 0 aromatic heterocycles. The van der Waals surface area contributed by atoms with Crippen LogP contribution in [0.2, 0.25) is 0 Å². The number of aliphatic hydroxyl groups is 1. The summed E-state index contributed by atoms with van der Waals surface area (Å²) in [6, 6.07) is 0.281. The lowest BCUT2D eigenvalue weighted by Gasteiger charge is -2.38. The first kappa shape index (κ1) is 16.3. The number of likely N-dealkylation sites (tertiary alicyclic amines) is 1. The quantitative estimate of drug-likeness (QED) is 0.839. The molecule has 1 fully saturated rings. The largest absolute Gasteiger partial charge is 0.444 e. The maximum absolute atomic E-state index is 12.4. The van der Waals surface area contributed by atoms with E-state index in [1.54, 1.807) is 0 Å². The first-order valence-corrected chi connectivity index (χ1v) is 7.18. The Hall–Kier alpha value is -0.770. The molecule has 19 heavy (non-hydrogen) atoms. The molecule has 0 aromatic carbocycles. The maximum Gasteiger partial charge on any atom is 0.410 e. The summed E-state index contributed by atoms with van der Waals surface area (Å²) in [6.07, 6.45) is 2.31. The van der Waals surface area contributed by atoms with Gasteiger partial charge in [0, 0.05) is 18.7 Å². The number of carbonyl (C=O) groups is 1. The molecule has 1 saturated heterocycles. The van der Waals surface area contributed by atoms with Crippen molar-refractivity contribution in [3.8, 4) is 0 Å². The van der Waals surface area contributed by atoms with Crippen LogP contribution in [0.3, 0.4) is 0 Å². The molecule has 0 saturated carbocycles. The van der Waals surface area contributed by atoms with Gasteiger partial charge in [0.15, 0.2) is 0 Å². The fourth-order valence-corrected chi connectivity index (χ4v) is 2.76. The van der Waals surface area contributed by atoms with Crippen LogP contribution in [0, 0.1) is 5.41 Å². The van der Waals surface area contributed by atoms with Gasteiger partial charge in [-0.25, -0.2) is 4.79 Å². The van der Waals surface area contributed by atoms with Crippen LogP contribution in [-0.2, 0) is 4.74 Å². The average molecular weight is 271 g/mol. The standard InChI is InChI=1S/C15H29NO3/c1-14(2,3)12-8-7-11(9-10-17)16(12)13(18)19-15(4,5)6/h11-12,17H,7-10H2,1-6H3/t11?,12-/m1/s1. The minimum atomic E-state index is -0.480. The summed E-state index contributed by atoms with van der Waals surface area (Å²) in [5, 5.41) is 9.17. The third-order valence-electron chi connectivity index (χ3n) is 3.57. The van der Waals surface area contributed by atoms with Crippen LogP contribution in [0.15, 0.2) is 0 Å². The van der Waals surface area contributed by atoms with Crippen molar-refractivity contribution >= 4 is 6.09 Å². The van der Waals surface area contributed by atoms with Crippen molar-refractivity contribution in [3.05, 3.63) is 0 Å². The van der Waals surface area contributed by atoms with Crippen LogP contribution >= 0.6 is 0 Å². The lowest BCUT2D eigenvalue weighted by atomic mass is 9.85. The highest BCUT2D eigenvalue weighted by Gasteiger charge is 2.43. The molecule has 112 valence electrons. The number of carbonyl (C=O) groups excluding carboxylic acids is 1. The number of aliphatic hydroxyl groups excluding tert-OH is 1. The van der Waals surface area contributed by atoms with Gasteiger partial charge in [0.25, 0.3) is 0 Å². The molecule has 1 unspecified atom stereocenters. The number of nitrogens with zero attached hydrogens (tertiary/aromatic N) is 1. The maximum atomic E-state index is 12.4. The van der Waals surface area contributed by atoms with Gasteiger partial charge < -0.3 is 14.7 Å². The minimum absolute atomic E-state index is 0.0289. The Bertz CT molecular complexity index is 314. The van der Waals surface area contributed by atoms with Crippen LogP contribution in [-0.4, -0.2) is 40.4 Å². The third kappa shape index (κ3) is 4.37. The smallest absolute Gasteiger partial charge is 0.410 e. The van der Waals surface area contributed by atoms with Crippen LogP contribution < -0.4 is 0 Å². The van der Waals surface area contributed by atoms with E-state index in [-0.39, 0.29) is 30.2 Å². The van der Waals surface area contributed by atoms with Crippen LogP contribution in [0.4, 0.5) is 4.79 Å². The van der Waals surface area contributed by atoms with E-state index in [9.17, 15) is 4.79 Å². The predicted octanol–water partition coefficient (Wildman–Crippen LogP) is 3.18. The molecule has 0 aliphatic carbocycles. The second-order valence-corrected chi connectivity index (χ2v) is 7.51. The zero-order chi connectivity index (χ0) is 14.8. The van der Waals surface area contributed by atoms with E-state index >= 15 is 0 Å². The number of hydrogen-bond donors (Lipinski definition) is 1. The number of ether oxygens (including phenoxy) is 1. The summed E-state index contributed by atoms with van der Waals surface area (Å²) in [7, 11) is 0. The molecular weight excluding hydrogens is 242 g/mol. The highest BCUT2D eigenvalue weighted by Crippen LogP contribution is 2.38. The SMILES string of the molecule is CC(C)(C)OC(=O)N1C(CCO)CC[C@@H]1C(C)(C)C. The molecule has 4 heteroatoms. The second kappa shape index (κ2) is 5.70. The Kier molecular flexibility index (Phi) is 4.88. The van der Waals surface area contributed by atoms with Gasteiger partial charge in [0.05, 0.1) is 0 Å². The molecule has 4 nitrogen and oxygen atoms in total. The summed E-state index contributed by atoms with van der Waals surface area (Å²) in [6.45, 7) is 12.2. The van der Waals surface area contributed by atoms with Crippen molar-refractivity contribution in [2.45, 2.75) is 78.5 Å². The summed E-state index contributed by atoms with van der Waals surface area (Å²) >= 11 is 0. The van der Waals surface area contributed by atoms with E-state index in [4.69, 9.17) is 9.84 Å². The van der Waals surface area contributed by atoms with Crippen molar-refractivity contribution in [2.75, 3.05) is 6.61 Å². The molecule has 0 bridgehead atoms. The normalized spacial score (nSPS) is 24.7. The fraction of sp³-hybridized carbons (Fsp3) is 0.933. The average Bonchev–Trinajstić information content (AvgIpc) is 2.58. The number of amides is 1. The van der Waals surface area contributed by atoms with Gasteiger partial charge in [-0.05, 0) is 45.4 Å². The van der Waals surface area contributed by atoms with Crippen molar-refractivity contribution < 1.29 is 14.6 Å². The van der Waals surface area contributed by atoms with Gasteiger partial charge in [0.1, 0.15) is 5.60 Å². The molecule has 1 heterocycles. The number of hydrogen-bond acceptors (Lipinski definition) is 3. The predicted molar refractivity (Wildman–Crippen MR) is 76.0 cm³/mol. The highest BCUT2D eigenvalue weighted by molar-refractivity contribution is 5.69. The Labute approximate surface area is 117 Å². The van der Waals surface area contributed by atoms with E-state index in [2.05, 4.69) is 20.8 Å². The van der Waals surface area contributed by atoms with Crippen LogP contribution in [0.25, 0.3) is 0 Å². The minimum Gasteiger partial charge on any atom is -0.444 e. The van der Waals surface area contributed by atoms with E-state index in [1.165, 1.54) is 0 Å². The molecule has 1 N–H and O–H groups in total. The molecule has 0 aromatic rings. The lowest BCUT2D eigenvalue weighted by Crippen LogP contribution is -2.49.